The number of hydrogen-bond acceptors (Lipinski definition) is 3. The van der Waals surface area contributed by atoms with E-state index in [1.165, 1.54) is 4.31 Å². The third kappa shape index (κ3) is 3.92. The van der Waals surface area contributed by atoms with Gasteiger partial charge < -0.3 is 5.73 Å². The first kappa shape index (κ1) is 14.8. The Hall–Kier alpha value is -0.630. The van der Waals surface area contributed by atoms with E-state index in [1.54, 1.807) is 18.2 Å². The molecule has 1 aromatic carbocycles. The molecule has 5 nitrogen and oxygen atoms in total. The minimum absolute atomic E-state index is 0.257. The number of piperidine rings is 1. The molecule has 0 amide bonds. The van der Waals surface area contributed by atoms with Crippen molar-refractivity contribution in [2.45, 2.75) is 12.8 Å². The number of nitrogens with two attached hydrogens (primary N) is 1. The fraction of sp³-hybridized carbons (Fsp3) is 0.500. The molecule has 1 aliphatic rings. The number of anilines is 1. The summed E-state index contributed by atoms with van der Waals surface area (Å²) in [6, 6.07) is 7.11. The fourth-order valence-electron chi connectivity index (χ4n) is 2.20. The Kier molecular flexibility index (Phi) is 4.83. The lowest BCUT2D eigenvalue weighted by molar-refractivity contribution is 0.273. The molecule has 1 aliphatic heterocycles. The first-order chi connectivity index (χ1) is 9.01. The summed E-state index contributed by atoms with van der Waals surface area (Å²) in [7, 11) is -3.49. The third-order valence-corrected chi connectivity index (χ3v) is 5.22. The van der Waals surface area contributed by atoms with Gasteiger partial charge in [-0.2, -0.15) is 12.7 Å². The number of rotatable bonds is 4. The number of nitrogens with one attached hydrogen (secondary N) is 1. The molecule has 7 heteroatoms. The SMILES string of the molecule is NCC1CCCN(S(=O)(=O)Nc2cccc(Br)c2)C1. The summed E-state index contributed by atoms with van der Waals surface area (Å²) in [5, 5.41) is 0. The van der Waals surface area contributed by atoms with Crippen LogP contribution in [0.5, 0.6) is 0 Å². The zero-order valence-corrected chi connectivity index (χ0v) is 13.0. The average molecular weight is 348 g/mol. The minimum atomic E-state index is -3.49. The summed E-state index contributed by atoms with van der Waals surface area (Å²) in [4.78, 5) is 0. The average Bonchev–Trinajstić information content (AvgIpc) is 2.38. The van der Waals surface area contributed by atoms with Gasteiger partial charge in [-0.15, -0.1) is 0 Å². The van der Waals surface area contributed by atoms with Gasteiger partial charge in [-0.05, 0) is 43.5 Å². The van der Waals surface area contributed by atoms with Crippen LogP contribution in [0.4, 0.5) is 5.69 Å². The largest absolute Gasteiger partial charge is 0.330 e. The second-order valence-corrected chi connectivity index (χ2v) is 7.31. The van der Waals surface area contributed by atoms with Crippen LogP contribution in [0.15, 0.2) is 28.7 Å². The molecule has 0 radical (unpaired) electrons. The van der Waals surface area contributed by atoms with Crippen molar-refractivity contribution in [2.24, 2.45) is 11.7 Å². The van der Waals surface area contributed by atoms with Gasteiger partial charge in [-0.3, -0.25) is 4.72 Å². The van der Waals surface area contributed by atoms with Gasteiger partial charge in [0.25, 0.3) is 0 Å². The molecule has 19 heavy (non-hydrogen) atoms. The quantitative estimate of drug-likeness (QED) is 0.871. The van der Waals surface area contributed by atoms with Crippen LogP contribution in [-0.2, 0) is 10.2 Å². The molecule has 0 saturated carbocycles. The van der Waals surface area contributed by atoms with E-state index in [0.717, 1.165) is 17.3 Å². The zero-order valence-electron chi connectivity index (χ0n) is 10.5. The van der Waals surface area contributed by atoms with E-state index in [0.29, 0.717) is 25.3 Å². The Labute approximate surface area is 122 Å². The highest BCUT2D eigenvalue weighted by Crippen LogP contribution is 2.21. The van der Waals surface area contributed by atoms with Gasteiger partial charge in [0, 0.05) is 17.6 Å². The van der Waals surface area contributed by atoms with Crippen LogP contribution < -0.4 is 10.5 Å². The maximum absolute atomic E-state index is 12.3. The molecule has 1 fully saturated rings. The lowest BCUT2D eigenvalue weighted by Crippen LogP contribution is -2.44. The standard InChI is InChI=1S/C12H18BrN3O2S/c13-11-4-1-5-12(7-11)15-19(17,18)16-6-2-3-10(8-14)9-16/h1,4-5,7,10,15H,2-3,6,8-9,14H2. The molecule has 1 aromatic rings. The van der Waals surface area contributed by atoms with Gasteiger partial charge in [0.05, 0.1) is 5.69 Å². The van der Waals surface area contributed by atoms with Crippen LogP contribution in [0.1, 0.15) is 12.8 Å². The highest BCUT2D eigenvalue weighted by molar-refractivity contribution is 9.10. The normalized spacial score (nSPS) is 21.3. The third-order valence-electron chi connectivity index (χ3n) is 3.23. The monoisotopic (exact) mass is 347 g/mol. The predicted molar refractivity (Wildman–Crippen MR) is 80.0 cm³/mol. The second kappa shape index (κ2) is 6.21. The topological polar surface area (TPSA) is 75.4 Å². The highest BCUT2D eigenvalue weighted by Gasteiger charge is 2.28. The highest BCUT2D eigenvalue weighted by atomic mass is 79.9. The van der Waals surface area contributed by atoms with Crippen molar-refractivity contribution in [3.05, 3.63) is 28.7 Å². The number of benzene rings is 1. The Morgan fingerprint density at radius 3 is 2.95 bits per heavy atom. The molecule has 0 aromatic heterocycles. The molecule has 0 bridgehead atoms. The summed E-state index contributed by atoms with van der Waals surface area (Å²) in [6.07, 6.45) is 1.86. The Bertz CT molecular complexity index is 536. The van der Waals surface area contributed by atoms with Crippen LogP contribution in [0, 0.1) is 5.92 Å². The van der Waals surface area contributed by atoms with Crippen molar-refractivity contribution >= 4 is 31.8 Å². The smallest absolute Gasteiger partial charge is 0.301 e. The summed E-state index contributed by atoms with van der Waals surface area (Å²) < 4.78 is 29.5. The van der Waals surface area contributed by atoms with Gasteiger partial charge in [0.2, 0.25) is 0 Å². The minimum Gasteiger partial charge on any atom is -0.330 e. The van der Waals surface area contributed by atoms with E-state index in [-0.39, 0.29) is 5.92 Å². The van der Waals surface area contributed by atoms with Crippen LogP contribution >= 0.6 is 15.9 Å². The van der Waals surface area contributed by atoms with Crippen molar-refractivity contribution in [3.63, 3.8) is 0 Å². The molecule has 106 valence electrons. The number of nitrogens with zero attached hydrogens (tertiary/aromatic N) is 1. The molecule has 0 spiro atoms. The van der Waals surface area contributed by atoms with Crippen LogP contribution in [0.3, 0.4) is 0 Å². The Morgan fingerprint density at radius 1 is 1.47 bits per heavy atom. The molecular weight excluding hydrogens is 330 g/mol. The lowest BCUT2D eigenvalue weighted by atomic mass is 10.0. The van der Waals surface area contributed by atoms with Crippen molar-refractivity contribution in [1.82, 2.24) is 4.31 Å². The second-order valence-electron chi connectivity index (χ2n) is 4.72. The maximum Gasteiger partial charge on any atom is 0.301 e. The van der Waals surface area contributed by atoms with Crippen LogP contribution in [0.2, 0.25) is 0 Å². The first-order valence-electron chi connectivity index (χ1n) is 6.25. The van der Waals surface area contributed by atoms with Crippen LogP contribution in [0.25, 0.3) is 0 Å². The summed E-state index contributed by atoms with van der Waals surface area (Å²) in [5.41, 5.74) is 6.19. The van der Waals surface area contributed by atoms with E-state index in [2.05, 4.69) is 20.7 Å². The van der Waals surface area contributed by atoms with Gasteiger partial charge in [-0.1, -0.05) is 22.0 Å². The summed E-state index contributed by atoms with van der Waals surface area (Å²) in [5.74, 6) is 0.257. The number of hydrogen-bond donors (Lipinski definition) is 2. The van der Waals surface area contributed by atoms with Crippen molar-refractivity contribution in [2.75, 3.05) is 24.4 Å². The molecular formula is C12H18BrN3O2S. The predicted octanol–water partition coefficient (Wildman–Crippen LogP) is 1.78. The van der Waals surface area contributed by atoms with Crippen molar-refractivity contribution in [1.29, 1.82) is 0 Å². The van der Waals surface area contributed by atoms with E-state index >= 15 is 0 Å². The van der Waals surface area contributed by atoms with Crippen molar-refractivity contribution < 1.29 is 8.42 Å². The molecule has 1 atom stereocenters. The Balaban J connectivity index is 2.09. The summed E-state index contributed by atoms with van der Waals surface area (Å²) >= 11 is 3.32. The van der Waals surface area contributed by atoms with Crippen molar-refractivity contribution in [3.8, 4) is 0 Å². The van der Waals surface area contributed by atoms with E-state index in [4.69, 9.17) is 5.73 Å². The van der Waals surface area contributed by atoms with Gasteiger partial charge in [-0.25, -0.2) is 0 Å². The molecule has 2 rings (SSSR count). The van der Waals surface area contributed by atoms with E-state index < -0.39 is 10.2 Å². The molecule has 1 heterocycles. The lowest BCUT2D eigenvalue weighted by Gasteiger charge is -2.31. The van der Waals surface area contributed by atoms with Gasteiger partial charge in [0.1, 0.15) is 0 Å². The van der Waals surface area contributed by atoms with E-state index in [1.807, 2.05) is 6.07 Å². The molecule has 1 unspecified atom stereocenters. The first-order valence-corrected chi connectivity index (χ1v) is 8.48. The Morgan fingerprint density at radius 2 is 2.26 bits per heavy atom. The van der Waals surface area contributed by atoms with E-state index in [9.17, 15) is 8.42 Å². The summed E-state index contributed by atoms with van der Waals surface area (Å²) in [6.45, 7) is 1.59. The number of halogens is 1. The maximum atomic E-state index is 12.3. The molecule has 0 aliphatic carbocycles. The zero-order chi connectivity index (χ0) is 13.9. The van der Waals surface area contributed by atoms with Gasteiger partial charge >= 0.3 is 10.2 Å². The van der Waals surface area contributed by atoms with Gasteiger partial charge in [0.15, 0.2) is 0 Å². The molecule has 1 saturated heterocycles. The van der Waals surface area contributed by atoms with Crippen LogP contribution in [-0.4, -0.2) is 32.4 Å². The molecule has 3 N–H and O–H groups in total. The fourth-order valence-corrected chi connectivity index (χ4v) is 3.93.